The van der Waals surface area contributed by atoms with E-state index in [0.29, 0.717) is 6.42 Å². The van der Waals surface area contributed by atoms with Crippen LogP contribution in [0.25, 0.3) is 0 Å². The van der Waals surface area contributed by atoms with E-state index in [4.69, 9.17) is 0 Å². The molecule has 1 atom stereocenters. The zero-order chi connectivity index (χ0) is 10.6. The molecular formula is C10H11IO3. The molecule has 0 aliphatic carbocycles. The summed E-state index contributed by atoms with van der Waals surface area (Å²) in [5, 5.41) is 9.36. The van der Waals surface area contributed by atoms with Gasteiger partial charge in [-0.3, -0.25) is 0 Å². The van der Waals surface area contributed by atoms with Crippen LogP contribution >= 0.6 is 22.6 Å². The number of aliphatic hydroxyl groups is 1. The molecule has 0 aromatic heterocycles. The first-order valence-corrected chi connectivity index (χ1v) is 5.21. The minimum Gasteiger partial charge on any atom is -0.467 e. The summed E-state index contributed by atoms with van der Waals surface area (Å²) in [6.07, 6.45) is -0.774. The molecule has 3 nitrogen and oxygen atoms in total. The number of carbonyl (C=O) groups excluding carboxylic acids is 1. The third-order valence-corrected chi connectivity index (χ3v) is 2.53. The van der Waals surface area contributed by atoms with Gasteiger partial charge >= 0.3 is 5.97 Å². The molecule has 0 aliphatic rings. The van der Waals surface area contributed by atoms with Gasteiger partial charge < -0.3 is 9.84 Å². The Labute approximate surface area is 96.2 Å². The molecule has 0 radical (unpaired) electrons. The first kappa shape index (κ1) is 11.5. The Balaban J connectivity index is 2.60. The monoisotopic (exact) mass is 306 g/mol. The number of rotatable bonds is 3. The molecule has 0 fully saturated rings. The largest absolute Gasteiger partial charge is 0.467 e. The van der Waals surface area contributed by atoms with Crippen molar-refractivity contribution in [2.75, 3.05) is 7.11 Å². The van der Waals surface area contributed by atoms with Crippen molar-refractivity contribution in [2.45, 2.75) is 12.5 Å². The Morgan fingerprint density at radius 1 is 1.50 bits per heavy atom. The van der Waals surface area contributed by atoms with Crippen molar-refractivity contribution in [3.05, 3.63) is 33.4 Å². The standard InChI is InChI=1S/C10H11IO3/c1-14-10(13)9(12)6-7-2-4-8(11)5-3-7/h2-5,9,12H,6H2,1H3. The van der Waals surface area contributed by atoms with Crippen molar-refractivity contribution >= 4 is 28.6 Å². The summed E-state index contributed by atoms with van der Waals surface area (Å²) >= 11 is 2.20. The third kappa shape index (κ3) is 3.26. The average Bonchev–Trinajstić information content (AvgIpc) is 2.20. The fourth-order valence-electron chi connectivity index (χ4n) is 1.06. The highest BCUT2D eigenvalue weighted by atomic mass is 127. The summed E-state index contributed by atoms with van der Waals surface area (Å²) in [4.78, 5) is 10.9. The molecular weight excluding hydrogens is 295 g/mol. The van der Waals surface area contributed by atoms with Crippen LogP contribution in [0.5, 0.6) is 0 Å². The van der Waals surface area contributed by atoms with Crippen molar-refractivity contribution in [3.63, 3.8) is 0 Å². The summed E-state index contributed by atoms with van der Waals surface area (Å²) in [7, 11) is 1.26. The summed E-state index contributed by atoms with van der Waals surface area (Å²) in [6.45, 7) is 0. The molecule has 0 amide bonds. The molecule has 1 unspecified atom stereocenters. The average molecular weight is 306 g/mol. The van der Waals surface area contributed by atoms with E-state index in [-0.39, 0.29) is 0 Å². The van der Waals surface area contributed by atoms with E-state index >= 15 is 0 Å². The maximum absolute atomic E-state index is 10.9. The van der Waals surface area contributed by atoms with Crippen LogP contribution in [-0.4, -0.2) is 24.3 Å². The summed E-state index contributed by atoms with van der Waals surface area (Å²) in [5.74, 6) is -0.594. The normalized spacial score (nSPS) is 12.2. The molecule has 0 saturated carbocycles. The molecule has 0 bridgehead atoms. The molecule has 1 N–H and O–H groups in total. The van der Waals surface area contributed by atoms with Crippen molar-refractivity contribution in [3.8, 4) is 0 Å². The first-order chi connectivity index (χ1) is 6.63. The number of aliphatic hydroxyl groups excluding tert-OH is 1. The second kappa shape index (κ2) is 5.31. The van der Waals surface area contributed by atoms with Gasteiger partial charge in [0, 0.05) is 9.99 Å². The Hall–Kier alpha value is -0.620. The number of esters is 1. The fraction of sp³-hybridized carbons (Fsp3) is 0.300. The van der Waals surface area contributed by atoms with E-state index in [0.717, 1.165) is 9.13 Å². The van der Waals surface area contributed by atoms with Crippen molar-refractivity contribution < 1.29 is 14.6 Å². The second-order valence-electron chi connectivity index (χ2n) is 2.87. The predicted molar refractivity (Wildman–Crippen MR) is 60.9 cm³/mol. The van der Waals surface area contributed by atoms with Crippen molar-refractivity contribution in [1.82, 2.24) is 0 Å². The van der Waals surface area contributed by atoms with E-state index in [1.54, 1.807) is 0 Å². The molecule has 0 aliphatic heterocycles. The van der Waals surface area contributed by atoms with Gasteiger partial charge in [-0.05, 0) is 40.3 Å². The third-order valence-electron chi connectivity index (χ3n) is 1.82. The van der Waals surface area contributed by atoms with Gasteiger partial charge in [-0.15, -0.1) is 0 Å². The van der Waals surface area contributed by atoms with Gasteiger partial charge in [0.25, 0.3) is 0 Å². The smallest absolute Gasteiger partial charge is 0.335 e. The zero-order valence-corrected chi connectivity index (χ0v) is 9.89. The Kier molecular flexibility index (Phi) is 4.34. The van der Waals surface area contributed by atoms with Gasteiger partial charge in [-0.2, -0.15) is 0 Å². The van der Waals surface area contributed by atoms with E-state index in [1.165, 1.54) is 7.11 Å². The van der Waals surface area contributed by atoms with Crippen molar-refractivity contribution in [2.24, 2.45) is 0 Å². The van der Waals surface area contributed by atoms with Gasteiger partial charge in [0.05, 0.1) is 7.11 Å². The highest BCUT2D eigenvalue weighted by Crippen LogP contribution is 2.09. The lowest BCUT2D eigenvalue weighted by Gasteiger charge is -2.07. The Morgan fingerprint density at radius 2 is 2.07 bits per heavy atom. The van der Waals surface area contributed by atoms with Crippen molar-refractivity contribution in [1.29, 1.82) is 0 Å². The molecule has 0 spiro atoms. The van der Waals surface area contributed by atoms with Crippen LogP contribution in [0.15, 0.2) is 24.3 Å². The maximum Gasteiger partial charge on any atom is 0.335 e. The topological polar surface area (TPSA) is 46.5 Å². The Bertz CT molecular complexity index is 308. The van der Waals surface area contributed by atoms with Gasteiger partial charge in [-0.25, -0.2) is 4.79 Å². The molecule has 0 saturated heterocycles. The van der Waals surface area contributed by atoms with Gasteiger partial charge in [0.15, 0.2) is 6.10 Å². The van der Waals surface area contributed by atoms with E-state index in [9.17, 15) is 9.90 Å². The maximum atomic E-state index is 10.9. The number of ether oxygens (including phenoxy) is 1. The molecule has 1 aromatic rings. The van der Waals surface area contributed by atoms with Gasteiger partial charge in [-0.1, -0.05) is 12.1 Å². The van der Waals surface area contributed by atoms with Crippen LogP contribution in [0, 0.1) is 3.57 Å². The lowest BCUT2D eigenvalue weighted by atomic mass is 10.1. The lowest BCUT2D eigenvalue weighted by molar-refractivity contribution is -0.150. The van der Waals surface area contributed by atoms with Crippen LogP contribution in [0.4, 0.5) is 0 Å². The van der Waals surface area contributed by atoms with Crippen LogP contribution in [0.3, 0.4) is 0 Å². The van der Waals surface area contributed by atoms with Crippen LogP contribution in [-0.2, 0) is 16.0 Å². The minimum absolute atomic E-state index is 0.295. The molecule has 0 heterocycles. The van der Waals surface area contributed by atoms with Crippen LogP contribution in [0.1, 0.15) is 5.56 Å². The number of hydrogen-bond acceptors (Lipinski definition) is 3. The zero-order valence-electron chi connectivity index (χ0n) is 7.74. The highest BCUT2D eigenvalue weighted by molar-refractivity contribution is 14.1. The lowest BCUT2D eigenvalue weighted by Crippen LogP contribution is -2.24. The van der Waals surface area contributed by atoms with E-state index in [1.807, 2.05) is 24.3 Å². The quantitative estimate of drug-likeness (QED) is 0.678. The SMILES string of the molecule is COC(=O)C(O)Cc1ccc(I)cc1. The summed E-state index contributed by atoms with van der Waals surface area (Å²) < 4.78 is 5.54. The number of halogens is 1. The molecule has 14 heavy (non-hydrogen) atoms. The summed E-state index contributed by atoms with van der Waals surface area (Å²) in [5.41, 5.74) is 0.920. The van der Waals surface area contributed by atoms with E-state index < -0.39 is 12.1 Å². The highest BCUT2D eigenvalue weighted by Gasteiger charge is 2.15. The molecule has 76 valence electrons. The van der Waals surface area contributed by atoms with Gasteiger partial charge in [0.1, 0.15) is 0 Å². The first-order valence-electron chi connectivity index (χ1n) is 4.14. The Morgan fingerprint density at radius 3 is 2.57 bits per heavy atom. The number of benzene rings is 1. The fourth-order valence-corrected chi connectivity index (χ4v) is 1.42. The summed E-state index contributed by atoms with van der Waals surface area (Å²) in [6, 6.07) is 7.63. The van der Waals surface area contributed by atoms with Crippen LogP contribution < -0.4 is 0 Å². The second-order valence-corrected chi connectivity index (χ2v) is 4.12. The number of hydrogen-bond donors (Lipinski definition) is 1. The predicted octanol–water partition coefficient (Wildman–Crippen LogP) is 1.37. The molecule has 1 aromatic carbocycles. The molecule has 4 heteroatoms. The number of carbonyl (C=O) groups is 1. The number of methoxy groups -OCH3 is 1. The van der Waals surface area contributed by atoms with Gasteiger partial charge in [0.2, 0.25) is 0 Å². The molecule has 1 rings (SSSR count). The van der Waals surface area contributed by atoms with Crippen LogP contribution in [0.2, 0.25) is 0 Å². The minimum atomic E-state index is -1.07. The van der Waals surface area contributed by atoms with E-state index in [2.05, 4.69) is 27.3 Å².